The molecule has 3 aromatic rings. The molecule has 0 unspecified atom stereocenters. The number of carbonyl (C=O) groups is 1. The van der Waals surface area contributed by atoms with E-state index in [1.54, 1.807) is 12.1 Å². The molecule has 0 aliphatic heterocycles. The molecule has 1 aliphatic rings. The van der Waals surface area contributed by atoms with E-state index in [1.165, 1.54) is 25.0 Å². The van der Waals surface area contributed by atoms with Crippen LogP contribution in [0, 0.1) is 5.92 Å². The highest BCUT2D eigenvalue weighted by Gasteiger charge is 2.23. The third-order valence-corrected chi connectivity index (χ3v) is 6.40. The monoisotopic (exact) mass is 397 g/mol. The predicted octanol–water partition coefficient (Wildman–Crippen LogP) is 3.88. The number of benzene rings is 2. The summed E-state index contributed by atoms with van der Waals surface area (Å²) in [4.78, 5) is 13.3. The first-order chi connectivity index (χ1) is 13.4. The molecule has 1 fully saturated rings. The van der Waals surface area contributed by atoms with Gasteiger partial charge in [0.15, 0.2) is 9.84 Å². The summed E-state index contributed by atoms with van der Waals surface area (Å²) in [7, 11) is -3.34. The zero-order valence-electron chi connectivity index (χ0n) is 15.8. The highest BCUT2D eigenvalue weighted by atomic mass is 32.2. The van der Waals surface area contributed by atoms with Gasteiger partial charge in [0.05, 0.1) is 10.4 Å². The van der Waals surface area contributed by atoms with Gasteiger partial charge in [-0.25, -0.2) is 8.42 Å². The first-order valence-electron chi connectivity index (χ1n) is 9.49. The highest BCUT2D eigenvalue weighted by molar-refractivity contribution is 7.90. The van der Waals surface area contributed by atoms with Crippen molar-refractivity contribution in [2.24, 2.45) is 5.92 Å². The summed E-state index contributed by atoms with van der Waals surface area (Å²) in [5.41, 5.74) is 1.76. The molecule has 7 heteroatoms. The number of aromatic nitrogens is 2. The van der Waals surface area contributed by atoms with Gasteiger partial charge in [-0.1, -0.05) is 37.1 Å². The van der Waals surface area contributed by atoms with Crippen LogP contribution in [-0.2, 0) is 16.4 Å². The van der Waals surface area contributed by atoms with Crippen LogP contribution in [0.5, 0.6) is 0 Å². The van der Waals surface area contributed by atoms with Gasteiger partial charge >= 0.3 is 0 Å². The molecule has 1 saturated carbocycles. The molecule has 4 rings (SSSR count). The van der Waals surface area contributed by atoms with Crippen molar-refractivity contribution in [2.45, 2.75) is 37.1 Å². The van der Waals surface area contributed by atoms with Crippen LogP contribution in [0.15, 0.2) is 53.4 Å². The Bertz CT molecular complexity index is 1130. The number of anilines is 1. The van der Waals surface area contributed by atoms with Crippen LogP contribution >= 0.6 is 0 Å². The molecule has 1 aliphatic carbocycles. The Balaban J connectivity index is 1.68. The number of amides is 1. The van der Waals surface area contributed by atoms with Crippen molar-refractivity contribution in [3.05, 3.63) is 54.2 Å². The number of fused-ring (bicyclic) bond motifs is 1. The van der Waals surface area contributed by atoms with Gasteiger partial charge in [-0.15, -0.1) is 0 Å². The van der Waals surface area contributed by atoms with E-state index in [2.05, 4.69) is 10.4 Å². The van der Waals surface area contributed by atoms with Crippen LogP contribution < -0.4 is 5.32 Å². The second-order valence-electron chi connectivity index (χ2n) is 7.45. The summed E-state index contributed by atoms with van der Waals surface area (Å²) in [6.45, 7) is 0.723. The molecular formula is C21H23N3O3S. The third-order valence-electron chi connectivity index (χ3n) is 5.29. The van der Waals surface area contributed by atoms with E-state index >= 15 is 0 Å². The van der Waals surface area contributed by atoms with E-state index in [9.17, 15) is 13.2 Å². The van der Waals surface area contributed by atoms with Crippen LogP contribution in [0.3, 0.4) is 0 Å². The van der Waals surface area contributed by atoms with E-state index in [4.69, 9.17) is 0 Å². The van der Waals surface area contributed by atoms with E-state index in [1.807, 2.05) is 28.9 Å². The molecule has 1 amide bonds. The zero-order chi connectivity index (χ0) is 19.7. The minimum absolute atomic E-state index is 0.176. The third kappa shape index (κ3) is 3.80. The highest BCUT2D eigenvalue weighted by Crippen LogP contribution is 2.28. The normalized spacial score (nSPS) is 15.2. The van der Waals surface area contributed by atoms with Crippen molar-refractivity contribution in [2.75, 3.05) is 11.6 Å². The summed E-state index contributed by atoms with van der Waals surface area (Å²) in [6.07, 6.45) is 5.93. The first kappa shape index (κ1) is 18.7. The summed E-state index contributed by atoms with van der Waals surface area (Å²) in [5, 5.41) is 8.31. The van der Waals surface area contributed by atoms with Crippen molar-refractivity contribution in [1.29, 1.82) is 0 Å². The maximum atomic E-state index is 13.1. The number of nitrogens with one attached hydrogen (secondary N) is 1. The van der Waals surface area contributed by atoms with Gasteiger partial charge < -0.3 is 5.32 Å². The van der Waals surface area contributed by atoms with E-state index < -0.39 is 9.84 Å². The quantitative estimate of drug-likeness (QED) is 0.708. The lowest BCUT2D eigenvalue weighted by Gasteiger charge is -2.13. The van der Waals surface area contributed by atoms with Gasteiger partial charge in [0.1, 0.15) is 5.69 Å². The standard InChI is InChI=1S/C21H23N3O3S/c1-28(26,27)17-10-6-9-16(13-17)22-21(25)20-18-11-4-5-12-19(18)23-24(20)14-15-7-2-3-8-15/h4-6,9-13,15H,2-3,7-8,14H2,1H3,(H,22,25). The molecule has 0 radical (unpaired) electrons. The van der Waals surface area contributed by atoms with Crippen LogP contribution in [0.4, 0.5) is 5.69 Å². The molecule has 1 N–H and O–H groups in total. The summed E-state index contributed by atoms with van der Waals surface area (Å²) in [6, 6.07) is 13.9. The Hall–Kier alpha value is -2.67. The van der Waals surface area contributed by atoms with Crippen molar-refractivity contribution < 1.29 is 13.2 Å². The fraction of sp³-hybridized carbons (Fsp3) is 0.333. The Kier molecular flexibility index (Phi) is 4.93. The topological polar surface area (TPSA) is 81.1 Å². The minimum atomic E-state index is -3.34. The molecule has 0 saturated heterocycles. The predicted molar refractivity (Wildman–Crippen MR) is 109 cm³/mol. The molecule has 0 atom stereocenters. The molecule has 6 nitrogen and oxygen atoms in total. The summed E-state index contributed by atoms with van der Waals surface area (Å²) in [5.74, 6) is 0.256. The lowest BCUT2D eigenvalue weighted by molar-refractivity contribution is 0.101. The number of hydrogen-bond donors (Lipinski definition) is 1. The second kappa shape index (κ2) is 7.39. The lowest BCUT2D eigenvalue weighted by atomic mass is 10.1. The Morgan fingerprint density at radius 2 is 1.89 bits per heavy atom. The Labute approximate surface area is 164 Å². The second-order valence-corrected chi connectivity index (χ2v) is 9.47. The number of sulfone groups is 1. The molecule has 1 heterocycles. The average molecular weight is 398 g/mol. The number of carbonyl (C=O) groups excluding carboxylic acids is 1. The Morgan fingerprint density at radius 3 is 2.64 bits per heavy atom. The van der Waals surface area contributed by atoms with Crippen molar-refractivity contribution in [3.63, 3.8) is 0 Å². The van der Waals surface area contributed by atoms with Gasteiger partial charge in [-0.05, 0) is 43.0 Å². The summed E-state index contributed by atoms with van der Waals surface area (Å²) < 4.78 is 25.4. The average Bonchev–Trinajstić information content (AvgIpc) is 3.28. The van der Waals surface area contributed by atoms with E-state index in [0.29, 0.717) is 17.3 Å². The van der Waals surface area contributed by atoms with Crippen LogP contribution in [-0.4, -0.2) is 30.4 Å². The molecule has 1 aromatic heterocycles. The molecule has 0 spiro atoms. The van der Waals surface area contributed by atoms with E-state index in [0.717, 1.165) is 36.5 Å². The number of rotatable bonds is 5. The van der Waals surface area contributed by atoms with E-state index in [-0.39, 0.29) is 10.8 Å². The minimum Gasteiger partial charge on any atom is -0.321 e. The molecule has 28 heavy (non-hydrogen) atoms. The van der Waals surface area contributed by atoms with Gasteiger partial charge in [-0.2, -0.15) is 5.10 Å². The Morgan fingerprint density at radius 1 is 1.14 bits per heavy atom. The fourth-order valence-electron chi connectivity index (χ4n) is 3.88. The van der Waals surface area contributed by atoms with Crippen LogP contribution in [0.25, 0.3) is 10.9 Å². The zero-order valence-corrected chi connectivity index (χ0v) is 16.6. The lowest BCUT2D eigenvalue weighted by Crippen LogP contribution is -2.20. The maximum absolute atomic E-state index is 13.1. The SMILES string of the molecule is CS(=O)(=O)c1cccc(NC(=O)c2c3ccccc3nn2CC2CCCC2)c1. The van der Waals surface area contributed by atoms with Crippen LogP contribution in [0.2, 0.25) is 0 Å². The largest absolute Gasteiger partial charge is 0.321 e. The van der Waals surface area contributed by atoms with Crippen molar-refractivity contribution >= 4 is 32.3 Å². The molecule has 0 bridgehead atoms. The van der Waals surface area contributed by atoms with Gasteiger partial charge in [-0.3, -0.25) is 9.48 Å². The molecule has 2 aromatic carbocycles. The van der Waals surface area contributed by atoms with Gasteiger partial charge in [0, 0.05) is 23.9 Å². The maximum Gasteiger partial charge on any atom is 0.274 e. The fourth-order valence-corrected chi connectivity index (χ4v) is 4.55. The molecule has 146 valence electrons. The molecular weight excluding hydrogens is 374 g/mol. The summed E-state index contributed by atoms with van der Waals surface area (Å²) >= 11 is 0. The smallest absolute Gasteiger partial charge is 0.274 e. The number of hydrogen-bond acceptors (Lipinski definition) is 4. The number of nitrogens with zero attached hydrogens (tertiary/aromatic N) is 2. The van der Waals surface area contributed by atoms with Gasteiger partial charge in [0.25, 0.3) is 5.91 Å². The van der Waals surface area contributed by atoms with Gasteiger partial charge in [0.2, 0.25) is 0 Å². The first-order valence-corrected chi connectivity index (χ1v) is 11.4. The van der Waals surface area contributed by atoms with Crippen molar-refractivity contribution in [3.8, 4) is 0 Å². The van der Waals surface area contributed by atoms with Crippen LogP contribution in [0.1, 0.15) is 36.2 Å². The van der Waals surface area contributed by atoms with Crippen molar-refractivity contribution in [1.82, 2.24) is 9.78 Å².